The van der Waals surface area contributed by atoms with E-state index in [9.17, 15) is 8.42 Å². The lowest BCUT2D eigenvalue weighted by molar-refractivity contribution is 0.354. The van der Waals surface area contributed by atoms with E-state index in [1.807, 2.05) is 0 Å². The van der Waals surface area contributed by atoms with E-state index in [-0.39, 0.29) is 11.4 Å². The summed E-state index contributed by atoms with van der Waals surface area (Å²) in [6.07, 6.45) is 0. The van der Waals surface area contributed by atoms with E-state index < -0.39 is 10.0 Å². The molecule has 6 nitrogen and oxygen atoms in total. The van der Waals surface area contributed by atoms with Crippen molar-refractivity contribution in [1.29, 1.82) is 5.26 Å². The van der Waals surface area contributed by atoms with E-state index in [0.29, 0.717) is 11.5 Å². The molecule has 7 heteroatoms. The topological polar surface area (TPSA) is 88.4 Å². The molecule has 0 saturated heterocycles. The largest absolute Gasteiger partial charge is 0.493 e. The number of benzene rings is 1. The van der Waals surface area contributed by atoms with E-state index in [4.69, 9.17) is 14.7 Å². The van der Waals surface area contributed by atoms with Gasteiger partial charge in [-0.15, -0.1) is 0 Å². The van der Waals surface area contributed by atoms with Crippen LogP contribution in [0.2, 0.25) is 0 Å². The predicted molar refractivity (Wildman–Crippen MR) is 60.3 cm³/mol. The zero-order chi connectivity index (χ0) is 12.9. The van der Waals surface area contributed by atoms with Crippen LogP contribution in [-0.2, 0) is 10.0 Å². The van der Waals surface area contributed by atoms with Gasteiger partial charge in [-0.1, -0.05) is 0 Å². The van der Waals surface area contributed by atoms with Crippen molar-refractivity contribution in [2.75, 3.05) is 20.8 Å². The van der Waals surface area contributed by atoms with Gasteiger partial charge in [-0.25, -0.2) is 8.42 Å². The molecule has 1 aromatic carbocycles. The molecular weight excluding hydrogens is 244 g/mol. The van der Waals surface area contributed by atoms with Gasteiger partial charge in [0.05, 0.1) is 31.7 Å². The quantitative estimate of drug-likeness (QED) is 0.775. The second kappa shape index (κ2) is 5.52. The van der Waals surface area contributed by atoms with Gasteiger partial charge in [-0.2, -0.15) is 9.98 Å². The fraction of sp³-hybridized carbons (Fsp3) is 0.300. The Morgan fingerprint density at radius 1 is 1.29 bits per heavy atom. The first kappa shape index (κ1) is 13.3. The fourth-order valence-corrected chi connectivity index (χ4v) is 2.12. The van der Waals surface area contributed by atoms with Crippen molar-refractivity contribution in [1.82, 2.24) is 4.72 Å². The normalized spacial score (nSPS) is 10.6. The molecule has 0 aliphatic rings. The predicted octanol–water partition coefficient (Wildman–Crippen LogP) is 0.506. The molecule has 0 heterocycles. The van der Waals surface area contributed by atoms with E-state index in [0.717, 1.165) is 0 Å². The van der Waals surface area contributed by atoms with Gasteiger partial charge in [-0.3, -0.25) is 0 Å². The van der Waals surface area contributed by atoms with Crippen LogP contribution in [0.15, 0.2) is 23.1 Å². The van der Waals surface area contributed by atoms with Crippen molar-refractivity contribution in [3.63, 3.8) is 0 Å². The van der Waals surface area contributed by atoms with Crippen LogP contribution in [0.4, 0.5) is 0 Å². The summed E-state index contributed by atoms with van der Waals surface area (Å²) < 4.78 is 35.5. The summed E-state index contributed by atoms with van der Waals surface area (Å²) in [4.78, 5) is 0.0189. The average Bonchev–Trinajstić information content (AvgIpc) is 2.35. The van der Waals surface area contributed by atoms with E-state index >= 15 is 0 Å². The lowest BCUT2D eigenvalue weighted by Gasteiger charge is -2.09. The highest BCUT2D eigenvalue weighted by atomic mass is 32.2. The molecule has 0 atom stereocenters. The van der Waals surface area contributed by atoms with Crippen molar-refractivity contribution in [2.24, 2.45) is 0 Å². The summed E-state index contributed by atoms with van der Waals surface area (Å²) in [5, 5.41) is 8.34. The molecule has 0 saturated carbocycles. The van der Waals surface area contributed by atoms with Gasteiger partial charge >= 0.3 is 0 Å². The smallest absolute Gasteiger partial charge is 0.241 e. The van der Waals surface area contributed by atoms with Gasteiger partial charge in [0, 0.05) is 6.07 Å². The Morgan fingerprint density at radius 2 is 1.94 bits per heavy atom. The van der Waals surface area contributed by atoms with Crippen LogP contribution in [0.1, 0.15) is 0 Å². The van der Waals surface area contributed by atoms with Gasteiger partial charge < -0.3 is 9.47 Å². The summed E-state index contributed by atoms with van der Waals surface area (Å²) in [7, 11) is -0.816. The number of rotatable bonds is 5. The molecule has 0 unspecified atom stereocenters. The van der Waals surface area contributed by atoms with E-state index in [1.165, 1.54) is 32.4 Å². The summed E-state index contributed by atoms with van der Waals surface area (Å²) >= 11 is 0. The second-order valence-corrected chi connectivity index (χ2v) is 4.77. The molecule has 0 spiro atoms. The van der Waals surface area contributed by atoms with E-state index in [1.54, 1.807) is 6.07 Å². The van der Waals surface area contributed by atoms with Gasteiger partial charge in [0.15, 0.2) is 11.5 Å². The Morgan fingerprint density at radius 3 is 2.47 bits per heavy atom. The molecule has 92 valence electrons. The summed E-state index contributed by atoms with van der Waals surface area (Å²) in [5.74, 6) is 0.749. The fourth-order valence-electron chi connectivity index (χ4n) is 1.19. The molecule has 1 N–H and O–H groups in total. The van der Waals surface area contributed by atoms with Crippen LogP contribution in [0.25, 0.3) is 0 Å². The number of sulfonamides is 1. The van der Waals surface area contributed by atoms with Gasteiger partial charge in [0.25, 0.3) is 0 Å². The Bertz CT molecular complexity index is 534. The van der Waals surface area contributed by atoms with Crippen molar-refractivity contribution in [3.8, 4) is 17.6 Å². The van der Waals surface area contributed by atoms with Crippen LogP contribution >= 0.6 is 0 Å². The number of nitriles is 1. The van der Waals surface area contributed by atoms with Crippen LogP contribution in [0, 0.1) is 11.3 Å². The number of hydrogen-bond acceptors (Lipinski definition) is 5. The standard InChI is InChI=1S/C10H12N2O4S/c1-15-9-4-3-8(7-10(9)16-2)17(13,14)12-6-5-11/h3-4,7,12H,6H2,1-2H3. The first-order valence-corrected chi connectivity index (χ1v) is 6.12. The average molecular weight is 256 g/mol. The molecule has 17 heavy (non-hydrogen) atoms. The highest BCUT2D eigenvalue weighted by Gasteiger charge is 2.16. The third-order valence-corrected chi connectivity index (χ3v) is 3.41. The number of nitrogens with zero attached hydrogens (tertiary/aromatic N) is 1. The Balaban J connectivity index is 3.12. The van der Waals surface area contributed by atoms with Crippen LogP contribution in [-0.4, -0.2) is 29.2 Å². The molecule has 1 rings (SSSR count). The number of hydrogen-bond donors (Lipinski definition) is 1. The van der Waals surface area contributed by atoms with Gasteiger partial charge in [-0.05, 0) is 12.1 Å². The molecule has 0 aliphatic heterocycles. The Labute approximate surface area is 99.8 Å². The third-order valence-electron chi connectivity index (χ3n) is 2.01. The van der Waals surface area contributed by atoms with Crippen LogP contribution in [0.3, 0.4) is 0 Å². The molecule has 1 aromatic rings. The van der Waals surface area contributed by atoms with Crippen molar-refractivity contribution in [3.05, 3.63) is 18.2 Å². The monoisotopic (exact) mass is 256 g/mol. The Kier molecular flexibility index (Phi) is 4.31. The minimum absolute atomic E-state index is 0.0189. The summed E-state index contributed by atoms with van der Waals surface area (Å²) in [5.41, 5.74) is 0. The number of methoxy groups -OCH3 is 2. The first-order chi connectivity index (χ1) is 8.05. The minimum atomic E-state index is -3.69. The molecule has 0 bridgehead atoms. The molecule has 0 aliphatic carbocycles. The SMILES string of the molecule is COc1ccc(S(=O)(=O)NCC#N)cc1OC. The highest BCUT2D eigenvalue weighted by molar-refractivity contribution is 7.89. The first-order valence-electron chi connectivity index (χ1n) is 4.64. The molecule has 0 amide bonds. The maximum atomic E-state index is 11.7. The lowest BCUT2D eigenvalue weighted by Crippen LogP contribution is -2.23. The third kappa shape index (κ3) is 3.09. The van der Waals surface area contributed by atoms with Gasteiger partial charge in [0.2, 0.25) is 10.0 Å². The van der Waals surface area contributed by atoms with Crippen molar-refractivity contribution >= 4 is 10.0 Å². The zero-order valence-corrected chi connectivity index (χ0v) is 10.2. The Hall–Kier alpha value is -1.78. The lowest BCUT2D eigenvalue weighted by atomic mass is 10.3. The molecule has 0 fully saturated rings. The molecule has 0 aromatic heterocycles. The second-order valence-electron chi connectivity index (χ2n) is 3.00. The molecule has 0 radical (unpaired) electrons. The van der Waals surface area contributed by atoms with E-state index in [2.05, 4.69) is 4.72 Å². The number of ether oxygens (including phenoxy) is 2. The van der Waals surface area contributed by atoms with Crippen LogP contribution < -0.4 is 14.2 Å². The molecular formula is C10H12N2O4S. The highest BCUT2D eigenvalue weighted by Crippen LogP contribution is 2.29. The maximum absolute atomic E-state index is 11.7. The minimum Gasteiger partial charge on any atom is -0.493 e. The summed E-state index contributed by atoms with van der Waals surface area (Å²) in [6, 6.07) is 5.89. The van der Waals surface area contributed by atoms with Gasteiger partial charge in [0.1, 0.15) is 0 Å². The summed E-state index contributed by atoms with van der Waals surface area (Å²) in [6.45, 7) is -0.281. The zero-order valence-electron chi connectivity index (χ0n) is 9.43. The maximum Gasteiger partial charge on any atom is 0.241 e. The number of nitrogens with one attached hydrogen (secondary N) is 1. The van der Waals surface area contributed by atoms with Crippen molar-refractivity contribution < 1.29 is 17.9 Å². The van der Waals surface area contributed by atoms with Crippen LogP contribution in [0.5, 0.6) is 11.5 Å². The van der Waals surface area contributed by atoms with Crippen molar-refractivity contribution in [2.45, 2.75) is 4.90 Å².